The molecule has 71 heavy (non-hydrogen) atoms. The second-order valence-corrected chi connectivity index (χ2v) is 13.9. The maximum absolute atomic E-state index is 12.8. The highest BCUT2D eigenvalue weighted by atomic mass is 16.6. The molecule has 4 aromatic carbocycles. The molecule has 0 aliphatic carbocycles. The van der Waals surface area contributed by atoms with Crippen LogP contribution in [0.1, 0.15) is 76.2 Å². The zero-order valence-electron chi connectivity index (χ0n) is 39.2. The van der Waals surface area contributed by atoms with Gasteiger partial charge in [0.1, 0.15) is 17.2 Å². The Morgan fingerprint density at radius 1 is 0.211 bits per heavy atom. The minimum Gasteiger partial charge on any atom is -0.453 e. The van der Waals surface area contributed by atoms with Gasteiger partial charge in [-0.1, -0.05) is 0 Å². The summed E-state index contributed by atoms with van der Waals surface area (Å²) in [5, 5.41) is 0. The van der Waals surface area contributed by atoms with Gasteiger partial charge in [0, 0.05) is 119 Å². The van der Waals surface area contributed by atoms with Crippen molar-refractivity contribution in [3.63, 3.8) is 0 Å². The van der Waals surface area contributed by atoms with E-state index in [9.17, 15) is 52.7 Å². The number of hydrogen-bond donors (Lipinski definition) is 0. The van der Waals surface area contributed by atoms with Gasteiger partial charge in [0.15, 0.2) is 46.0 Å². The Bertz CT molecular complexity index is 2780. The fourth-order valence-corrected chi connectivity index (χ4v) is 5.63. The van der Waals surface area contributed by atoms with Gasteiger partial charge in [0.05, 0.1) is 0 Å². The molecule has 0 saturated heterocycles. The van der Waals surface area contributed by atoms with Crippen molar-refractivity contribution in [3.05, 3.63) is 42.5 Å². The molecule has 0 atom stereocenters. The van der Waals surface area contributed by atoms with Crippen LogP contribution < -0.4 is 66.3 Å². The van der Waals surface area contributed by atoms with Crippen LogP contribution in [0.5, 0.6) is 97.7 Å². The molecular weight excluding hydrogens is 952 g/mol. The Kier molecular flexibility index (Phi) is 17.9. The van der Waals surface area contributed by atoms with E-state index in [4.69, 9.17) is 66.3 Å². The summed E-state index contributed by atoms with van der Waals surface area (Å²) in [6, 6.07) is 6.61. The van der Waals surface area contributed by atoms with E-state index < -0.39 is 158 Å². The molecule has 25 nitrogen and oxygen atoms in total. The van der Waals surface area contributed by atoms with Crippen LogP contribution in [-0.2, 0) is 52.7 Å². The molecule has 0 heterocycles. The summed E-state index contributed by atoms with van der Waals surface area (Å²) in [6.07, 6.45) is 0. The van der Waals surface area contributed by atoms with Crippen molar-refractivity contribution < 1.29 is 119 Å². The third kappa shape index (κ3) is 15.8. The van der Waals surface area contributed by atoms with Gasteiger partial charge in [-0.3, -0.25) is 52.7 Å². The molecule has 0 unspecified atom stereocenters. The lowest BCUT2D eigenvalue weighted by molar-refractivity contribution is -0.135. The largest absolute Gasteiger partial charge is 0.453 e. The van der Waals surface area contributed by atoms with Crippen molar-refractivity contribution in [2.24, 2.45) is 0 Å². The van der Waals surface area contributed by atoms with Gasteiger partial charge in [0.25, 0.3) is 0 Å². The monoisotopic (exact) mass is 992 g/mol. The summed E-state index contributed by atoms with van der Waals surface area (Å²) in [4.78, 5) is 136. The van der Waals surface area contributed by atoms with Crippen LogP contribution >= 0.6 is 0 Å². The topological polar surface area (TPSA) is 317 Å². The number of esters is 11. The number of rotatable bonds is 17. The Balaban J connectivity index is 2.15. The number of hydrogen-bond acceptors (Lipinski definition) is 25. The molecular formula is C46H40O25. The molecule has 0 amide bonds. The number of benzene rings is 4. The fraction of sp³-hybridized carbons (Fsp3) is 0.239. The van der Waals surface area contributed by atoms with Crippen molar-refractivity contribution >= 4 is 65.7 Å². The maximum Gasteiger partial charge on any atom is 0.308 e. The predicted octanol–water partition coefficient (Wildman–Crippen LogP) is 6.24. The molecule has 374 valence electrons. The van der Waals surface area contributed by atoms with Crippen LogP contribution in [-0.4, -0.2) is 65.7 Å². The number of carbonyl (C=O) groups is 11. The second-order valence-electron chi connectivity index (χ2n) is 13.9. The smallest absolute Gasteiger partial charge is 0.308 e. The Morgan fingerprint density at radius 2 is 0.465 bits per heavy atom. The van der Waals surface area contributed by atoms with Crippen LogP contribution in [0.25, 0.3) is 0 Å². The van der Waals surface area contributed by atoms with E-state index in [1.165, 1.54) is 0 Å². The minimum atomic E-state index is -1.11. The van der Waals surface area contributed by atoms with Gasteiger partial charge in [0.2, 0.25) is 34.5 Å². The molecule has 0 aromatic heterocycles. The van der Waals surface area contributed by atoms with Crippen molar-refractivity contribution in [3.8, 4) is 97.7 Å². The lowest BCUT2D eigenvalue weighted by atomic mass is 10.2. The molecule has 0 radical (unpaired) electrons. The second kappa shape index (κ2) is 23.5. The first-order chi connectivity index (χ1) is 33.2. The van der Waals surface area contributed by atoms with Crippen molar-refractivity contribution in [1.82, 2.24) is 0 Å². The zero-order chi connectivity index (χ0) is 53.0. The van der Waals surface area contributed by atoms with Crippen molar-refractivity contribution in [2.45, 2.75) is 76.2 Å². The molecule has 4 rings (SSSR count). The summed E-state index contributed by atoms with van der Waals surface area (Å²) in [5.74, 6) is -21.3. The van der Waals surface area contributed by atoms with Gasteiger partial charge in [-0.2, -0.15) is 0 Å². The van der Waals surface area contributed by atoms with Gasteiger partial charge >= 0.3 is 65.7 Å². The first-order valence-electron chi connectivity index (χ1n) is 20.0. The molecule has 0 bridgehead atoms. The third-order valence-electron chi connectivity index (χ3n) is 7.53. The standard InChI is InChI=1S/C46H40O25/c1-19(47)58-30-12-35(61-22(4)50)42(36(13-30)62-23(5)51)71-43-37(63-24(6)52)14-31(15-38(43)64-25(7)53)69-40-18-39(65-26(8)54)44(67-28(10)56)46(68-29(11)57)45(40)70-32-16-33(59-20(2)48)41(66-27(9)55)34(17-32)60-21(3)49/h12-18H,1-11H3. The van der Waals surface area contributed by atoms with E-state index in [2.05, 4.69) is 0 Å². The molecule has 0 spiro atoms. The quantitative estimate of drug-likeness (QED) is 0.0834. The van der Waals surface area contributed by atoms with E-state index in [0.29, 0.717) is 0 Å². The first kappa shape index (κ1) is 54.1. The highest BCUT2D eigenvalue weighted by Gasteiger charge is 2.32. The van der Waals surface area contributed by atoms with E-state index in [-0.39, 0.29) is 5.75 Å². The predicted molar refractivity (Wildman–Crippen MR) is 230 cm³/mol. The van der Waals surface area contributed by atoms with Crippen molar-refractivity contribution in [2.75, 3.05) is 0 Å². The van der Waals surface area contributed by atoms with Crippen LogP contribution in [0, 0.1) is 0 Å². The number of carbonyl (C=O) groups excluding carboxylic acids is 11. The van der Waals surface area contributed by atoms with E-state index in [0.717, 1.165) is 119 Å². The normalized spacial score (nSPS) is 10.2. The molecule has 4 aromatic rings. The summed E-state index contributed by atoms with van der Waals surface area (Å²) in [7, 11) is 0. The Labute approximate surface area is 400 Å². The van der Waals surface area contributed by atoms with E-state index >= 15 is 0 Å². The average Bonchev–Trinajstić information content (AvgIpc) is 3.18. The van der Waals surface area contributed by atoms with Gasteiger partial charge in [-0.15, -0.1) is 0 Å². The zero-order valence-corrected chi connectivity index (χ0v) is 39.2. The van der Waals surface area contributed by atoms with Crippen LogP contribution in [0.4, 0.5) is 0 Å². The van der Waals surface area contributed by atoms with Crippen LogP contribution in [0.3, 0.4) is 0 Å². The maximum atomic E-state index is 12.8. The molecule has 0 saturated carbocycles. The first-order valence-corrected chi connectivity index (χ1v) is 20.0. The highest BCUT2D eigenvalue weighted by Crippen LogP contribution is 2.56. The highest BCUT2D eigenvalue weighted by molar-refractivity contribution is 5.84. The molecule has 25 heteroatoms. The molecule has 0 aliphatic heterocycles. The lowest BCUT2D eigenvalue weighted by Gasteiger charge is -2.22. The van der Waals surface area contributed by atoms with Gasteiger partial charge < -0.3 is 66.3 Å². The minimum absolute atomic E-state index is 0.300. The lowest BCUT2D eigenvalue weighted by Crippen LogP contribution is -2.12. The van der Waals surface area contributed by atoms with Crippen LogP contribution in [0.2, 0.25) is 0 Å². The summed E-state index contributed by atoms with van der Waals surface area (Å²) in [5.41, 5.74) is 0. The summed E-state index contributed by atoms with van der Waals surface area (Å²) < 4.78 is 76.7. The van der Waals surface area contributed by atoms with Gasteiger partial charge in [-0.25, -0.2) is 0 Å². The molecule has 0 aliphatic rings. The SMILES string of the molecule is CC(=O)Oc1cc(OC(C)=O)c(Oc2c(OC(C)=O)cc(Oc3cc(OC(C)=O)c(OC(C)=O)c(OC(C)=O)c3Oc3cc(OC(C)=O)c(OC(C)=O)c(OC(C)=O)c3)cc2OC(C)=O)c(OC(C)=O)c1. The van der Waals surface area contributed by atoms with E-state index in [1.54, 1.807) is 0 Å². The van der Waals surface area contributed by atoms with Gasteiger partial charge in [-0.05, 0) is 0 Å². The van der Waals surface area contributed by atoms with Crippen molar-refractivity contribution in [1.29, 1.82) is 0 Å². The molecule has 0 fully saturated rings. The molecule has 0 N–H and O–H groups in total. The average molecular weight is 993 g/mol. The summed E-state index contributed by atoms with van der Waals surface area (Å²) >= 11 is 0. The number of ether oxygens (including phenoxy) is 14. The summed E-state index contributed by atoms with van der Waals surface area (Å²) in [6.45, 7) is 10.6. The fourth-order valence-electron chi connectivity index (χ4n) is 5.63. The third-order valence-corrected chi connectivity index (χ3v) is 7.53. The Morgan fingerprint density at radius 3 is 0.789 bits per heavy atom. The van der Waals surface area contributed by atoms with E-state index in [1.807, 2.05) is 0 Å². The Hall–Kier alpha value is -9.55. The van der Waals surface area contributed by atoms with Crippen LogP contribution in [0.15, 0.2) is 42.5 Å².